The summed E-state index contributed by atoms with van der Waals surface area (Å²) < 4.78 is 2.12. The number of para-hydroxylation sites is 2. The minimum atomic E-state index is 0.0378. The Bertz CT molecular complexity index is 858. The lowest BCUT2D eigenvalue weighted by molar-refractivity contribution is 0.469. The van der Waals surface area contributed by atoms with Gasteiger partial charge in [0.2, 0.25) is 5.95 Å². The third kappa shape index (κ3) is 3.09. The molecule has 0 aliphatic heterocycles. The van der Waals surface area contributed by atoms with E-state index in [9.17, 15) is 5.11 Å². The number of phenols is 1. The molecule has 0 saturated heterocycles. The standard InChI is InChI=1S/C17H17Cl2N3O/c1-10(2)22-15-6-4-3-5-14(15)21-17(22)20-9-11-7-12(18)8-13(19)16(11)23/h3-8,10,23H,9H2,1-2H3,(H,20,21). The Kier molecular flexibility index (Phi) is 4.37. The van der Waals surface area contributed by atoms with Crippen molar-refractivity contribution in [2.45, 2.75) is 26.4 Å². The van der Waals surface area contributed by atoms with Gasteiger partial charge in [0.25, 0.3) is 0 Å². The van der Waals surface area contributed by atoms with Gasteiger partial charge in [-0.05, 0) is 38.1 Å². The van der Waals surface area contributed by atoms with Crippen molar-refractivity contribution in [2.75, 3.05) is 5.32 Å². The van der Waals surface area contributed by atoms with E-state index in [1.807, 2.05) is 24.3 Å². The Morgan fingerprint density at radius 1 is 1.22 bits per heavy atom. The SMILES string of the molecule is CC(C)n1c(NCc2cc(Cl)cc(Cl)c2O)nc2ccccc21. The minimum Gasteiger partial charge on any atom is -0.506 e. The molecule has 0 aliphatic rings. The third-order valence-corrected chi connectivity index (χ3v) is 4.16. The van der Waals surface area contributed by atoms with Gasteiger partial charge in [-0.15, -0.1) is 0 Å². The van der Waals surface area contributed by atoms with Crippen molar-refractivity contribution in [1.29, 1.82) is 0 Å². The highest BCUT2D eigenvalue weighted by atomic mass is 35.5. The van der Waals surface area contributed by atoms with Gasteiger partial charge in [0.15, 0.2) is 0 Å². The van der Waals surface area contributed by atoms with E-state index in [1.54, 1.807) is 6.07 Å². The fraction of sp³-hybridized carbons (Fsp3) is 0.235. The number of phenolic OH excluding ortho intramolecular Hbond substituents is 1. The second kappa shape index (κ2) is 6.30. The van der Waals surface area contributed by atoms with Crippen LogP contribution in [0, 0.1) is 0 Å². The van der Waals surface area contributed by atoms with Crippen LogP contribution in [0.15, 0.2) is 36.4 Å². The van der Waals surface area contributed by atoms with Crippen LogP contribution < -0.4 is 5.32 Å². The molecule has 1 heterocycles. The molecule has 0 amide bonds. The molecule has 2 aromatic carbocycles. The first-order chi connectivity index (χ1) is 11.0. The molecule has 4 nitrogen and oxygen atoms in total. The van der Waals surface area contributed by atoms with Crippen LogP contribution in [-0.4, -0.2) is 14.7 Å². The van der Waals surface area contributed by atoms with Gasteiger partial charge in [0, 0.05) is 23.2 Å². The summed E-state index contributed by atoms with van der Waals surface area (Å²) in [5, 5.41) is 14.1. The van der Waals surface area contributed by atoms with Gasteiger partial charge in [-0.1, -0.05) is 35.3 Å². The lowest BCUT2D eigenvalue weighted by Crippen LogP contribution is -2.09. The number of rotatable bonds is 4. The average Bonchev–Trinajstić information content (AvgIpc) is 2.87. The van der Waals surface area contributed by atoms with Crippen molar-refractivity contribution in [3.8, 4) is 5.75 Å². The zero-order chi connectivity index (χ0) is 16.6. The van der Waals surface area contributed by atoms with E-state index in [2.05, 4.69) is 28.7 Å². The van der Waals surface area contributed by atoms with E-state index in [4.69, 9.17) is 23.2 Å². The van der Waals surface area contributed by atoms with Crippen LogP contribution in [0.1, 0.15) is 25.5 Å². The van der Waals surface area contributed by atoms with Crippen LogP contribution in [0.4, 0.5) is 5.95 Å². The lowest BCUT2D eigenvalue weighted by atomic mass is 10.2. The van der Waals surface area contributed by atoms with Crippen molar-refractivity contribution < 1.29 is 5.11 Å². The molecule has 3 aromatic rings. The molecule has 0 unspecified atom stereocenters. The molecule has 0 bridgehead atoms. The second-order valence-corrected chi connectivity index (χ2v) is 6.48. The molecule has 0 aliphatic carbocycles. The molecule has 0 saturated carbocycles. The number of anilines is 1. The molecular formula is C17H17Cl2N3O. The van der Waals surface area contributed by atoms with Gasteiger partial charge in [-0.25, -0.2) is 4.98 Å². The van der Waals surface area contributed by atoms with E-state index in [0.717, 1.165) is 17.0 Å². The first-order valence-electron chi connectivity index (χ1n) is 7.35. The number of hydrogen-bond acceptors (Lipinski definition) is 3. The molecule has 0 spiro atoms. The fourth-order valence-electron chi connectivity index (χ4n) is 2.62. The lowest BCUT2D eigenvalue weighted by Gasteiger charge is -2.15. The van der Waals surface area contributed by atoms with E-state index >= 15 is 0 Å². The van der Waals surface area contributed by atoms with Crippen molar-refractivity contribution >= 4 is 40.2 Å². The van der Waals surface area contributed by atoms with Crippen LogP contribution in [0.2, 0.25) is 10.0 Å². The van der Waals surface area contributed by atoms with E-state index in [1.165, 1.54) is 6.07 Å². The maximum absolute atomic E-state index is 10.1. The number of aromatic hydroxyl groups is 1. The largest absolute Gasteiger partial charge is 0.506 e. The number of aromatic nitrogens is 2. The quantitative estimate of drug-likeness (QED) is 0.676. The number of fused-ring (bicyclic) bond motifs is 1. The van der Waals surface area contributed by atoms with E-state index in [0.29, 0.717) is 17.1 Å². The summed E-state index contributed by atoms with van der Waals surface area (Å²) in [4.78, 5) is 4.63. The Labute approximate surface area is 144 Å². The number of halogens is 2. The predicted octanol–water partition coefficient (Wildman–Crippen LogP) is 5.24. The van der Waals surface area contributed by atoms with Gasteiger partial charge in [-0.3, -0.25) is 0 Å². The first-order valence-corrected chi connectivity index (χ1v) is 8.10. The molecule has 120 valence electrons. The van der Waals surface area contributed by atoms with Crippen molar-refractivity contribution in [3.05, 3.63) is 52.0 Å². The number of benzene rings is 2. The van der Waals surface area contributed by atoms with Gasteiger partial charge < -0.3 is 15.0 Å². The summed E-state index contributed by atoms with van der Waals surface area (Å²) in [5.74, 6) is 0.785. The summed E-state index contributed by atoms with van der Waals surface area (Å²) in [6, 6.07) is 11.4. The van der Waals surface area contributed by atoms with Crippen LogP contribution >= 0.6 is 23.2 Å². The van der Waals surface area contributed by atoms with Gasteiger partial charge >= 0.3 is 0 Å². The monoisotopic (exact) mass is 349 g/mol. The van der Waals surface area contributed by atoms with Crippen LogP contribution in [0.25, 0.3) is 11.0 Å². The second-order valence-electron chi connectivity index (χ2n) is 5.64. The van der Waals surface area contributed by atoms with Crippen molar-refractivity contribution in [3.63, 3.8) is 0 Å². The molecule has 0 radical (unpaired) electrons. The maximum Gasteiger partial charge on any atom is 0.204 e. The van der Waals surface area contributed by atoms with Crippen LogP contribution in [0.5, 0.6) is 5.75 Å². The molecular weight excluding hydrogens is 333 g/mol. The molecule has 0 atom stereocenters. The average molecular weight is 350 g/mol. The van der Waals surface area contributed by atoms with Crippen molar-refractivity contribution in [2.24, 2.45) is 0 Å². The summed E-state index contributed by atoms with van der Waals surface area (Å²) in [6.07, 6.45) is 0. The topological polar surface area (TPSA) is 50.1 Å². The zero-order valence-electron chi connectivity index (χ0n) is 12.8. The molecule has 2 N–H and O–H groups in total. The zero-order valence-corrected chi connectivity index (χ0v) is 14.4. The van der Waals surface area contributed by atoms with Crippen molar-refractivity contribution in [1.82, 2.24) is 9.55 Å². The number of hydrogen-bond donors (Lipinski definition) is 2. The van der Waals surface area contributed by atoms with Crippen LogP contribution in [-0.2, 0) is 6.54 Å². The number of nitrogens with one attached hydrogen (secondary N) is 1. The highest BCUT2D eigenvalue weighted by Crippen LogP contribution is 2.32. The minimum absolute atomic E-state index is 0.0378. The Balaban J connectivity index is 1.95. The van der Waals surface area contributed by atoms with E-state index < -0.39 is 0 Å². The Hall–Kier alpha value is -1.91. The highest BCUT2D eigenvalue weighted by molar-refractivity contribution is 6.35. The summed E-state index contributed by atoms with van der Waals surface area (Å²) in [7, 11) is 0. The third-order valence-electron chi connectivity index (χ3n) is 3.66. The number of imidazole rings is 1. The van der Waals surface area contributed by atoms with Gasteiger partial charge in [-0.2, -0.15) is 0 Å². The highest BCUT2D eigenvalue weighted by Gasteiger charge is 2.14. The number of nitrogens with zero attached hydrogens (tertiary/aromatic N) is 2. The van der Waals surface area contributed by atoms with Gasteiger partial charge in [0.05, 0.1) is 16.1 Å². The smallest absolute Gasteiger partial charge is 0.204 e. The predicted molar refractivity (Wildman–Crippen MR) is 95.6 cm³/mol. The summed E-state index contributed by atoms with van der Waals surface area (Å²) in [6.45, 7) is 4.59. The van der Waals surface area contributed by atoms with Crippen LogP contribution in [0.3, 0.4) is 0 Å². The normalized spacial score (nSPS) is 11.3. The van der Waals surface area contributed by atoms with E-state index in [-0.39, 0.29) is 16.8 Å². The maximum atomic E-state index is 10.1. The molecule has 3 rings (SSSR count). The molecule has 23 heavy (non-hydrogen) atoms. The first kappa shape index (κ1) is 16.0. The molecule has 1 aromatic heterocycles. The fourth-order valence-corrected chi connectivity index (χ4v) is 3.16. The molecule has 0 fully saturated rings. The Morgan fingerprint density at radius 3 is 2.70 bits per heavy atom. The molecule has 6 heteroatoms. The summed E-state index contributed by atoms with van der Waals surface area (Å²) in [5.41, 5.74) is 2.63. The summed E-state index contributed by atoms with van der Waals surface area (Å²) >= 11 is 12.0. The van der Waals surface area contributed by atoms with Gasteiger partial charge in [0.1, 0.15) is 5.75 Å². The Morgan fingerprint density at radius 2 is 1.96 bits per heavy atom.